The Morgan fingerprint density at radius 1 is 1.21 bits per heavy atom. The third-order valence-corrected chi connectivity index (χ3v) is 4.87. The summed E-state index contributed by atoms with van der Waals surface area (Å²) >= 11 is 0. The van der Waals surface area contributed by atoms with E-state index in [1.807, 2.05) is 32.0 Å². The molecule has 4 nitrogen and oxygen atoms in total. The molecule has 1 aliphatic rings. The Bertz CT molecular complexity index is 622. The number of unbranched alkanes of at least 4 members (excludes halogenated alkanes) is 1. The fourth-order valence-corrected chi connectivity index (χ4v) is 3.05. The Morgan fingerprint density at radius 2 is 1.88 bits per heavy atom. The molecule has 0 saturated carbocycles. The van der Waals surface area contributed by atoms with Gasteiger partial charge in [0.25, 0.3) is 5.91 Å². The van der Waals surface area contributed by atoms with Crippen LogP contribution in [0.2, 0.25) is 0 Å². The second kappa shape index (κ2) is 7.73. The highest BCUT2D eigenvalue weighted by Gasteiger charge is 2.44. The van der Waals surface area contributed by atoms with Gasteiger partial charge in [0.1, 0.15) is 6.54 Å². The first-order chi connectivity index (χ1) is 11.3. The summed E-state index contributed by atoms with van der Waals surface area (Å²) in [6.07, 6.45) is 4.10. The van der Waals surface area contributed by atoms with E-state index in [0.717, 1.165) is 25.0 Å². The highest BCUT2D eigenvalue weighted by molar-refractivity contribution is 6.12. The summed E-state index contributed by atoms with van der Waals surface area (Å²) in [6.45, 7) is 8.30. The molecule has 0 radical (unpaired) electrons. The van der Waals surface area contributed by atoms with E-state index in [0.29, 0.717) is 11.5 Å². The van der Waals surface area contributed by atoms with Crippen LogP contribution in [0.1, 0.15) is 63.7 Å². The second-order valence-electron chi connectivity index (χ2n) is 7.31. The number of hydrogen-bond donors (Lipinski definition) is 0. The zero-order valence-electron chi connectivity index (χ0n) is 15.2. The lowest BCUT2D eigenvalue weighted by molar-refractivity contribution is -0.135. The molecule has 1 unspecified atom stereocenters. The van der Waals surface area contributed by atoms with Crippen LogP contribution in [0.15, 0.2) is 35.4 Å². The molecule has 1 aromatic rings. The fourth-order valence-electron chi connectivity index (χ4n) is 3.05. The standard InChI is InChI=1S/C20H28N2O2/c1-15(2)10-8-9-13-20(4)16(3)21-22(19(20)24)14-18(23)17-11-6-5-7-12-17/h5-7,11-12,15H,8-10,13-14H2,1-4H3. The Morgan fingerprint density at radius 3 is 2.50 bits per heavy atom. The molecule has 0 aliphatic carbocycles. The average Bonchev–Trinajstić information content (AvgIpc) is 2.76. The van der Waals surface area contributed by atoms with Crippen LogP contribution in [0.5, 0.6) is 0 Å². The molecule has 0 aromatic heterocycles. The minimum absolute atomic E-state index is 0.0156. The summed E-state index contributed by atoms with van der Waals surface area (Å²) in [4.78, 5) is 25.1. The van der Waals surface area contributed by atoms with Gasteiger partial charge in [0.05, 0.1) is 11.1 Å². The van der Waals surface area contributed by atoms with Crippen LogP contribution in [0.25, 0.3) is 0 Å². The highest BCUT2D eigenvalue weighted by Crippen LogP contribution is 2.34. The van der Waals surface area contributed by atoms with Crippen LogP contribution in [-0.4, -0.2) is 29.0 Å². The maximum atomic E-state index is 12.8. The number of amides is 1. The van der Waals surface area contributed by atoms with E-state index < -0.39 is 5.41 Å². The predicted molar refractivity (Wildman–Crippen MR) is 97.0 cm³/mol. The van der Waals surface area contributed by atoms with E-state index in [-0.39, 0.29) is 18.2 Å². The summed E-state index contributed by atoms with van der Waals surface area (Å²) in [5, 5.41) is 5.74. The molecule has 1 heterocycles. The van der Waals surface area contributed by atoms with Gasteiger partial charge in [0.2, 0.25) is 0 Å². The van der Waals surface area contributed by atoms with Crippen molar-refractivity contribution in [1.82, 2.24) is 5.01 Å². The molecule has 0 fully saturated rings. The molecule has 4 heteroatoms. The smallest absolute Gasteiger partial charge is 0.254 e. The number of nitrogens with zero attached hydrogens (tertiary/aromatic N) is 2. The first-order valence-corrected chi connectivity index (χ1v) is 8.80. The highest BCUT2D eigenvalue weighted by atomic mass is 16.2. The Kier molecular flexibility index (Phi) is 5.92. The zero-order chi connectivity index (χ0) is 17.7. The van der Waals surface area contributed by atoms with Crippen molar-refractivity contribution in [1.29, 1.82) is 0 Å². The molecule has 0 N–H and O–H groups in total. The maximum absolute atomic E-state index is 12.8. The minimum atomic E-state index is -0.562. The van der Waals surface area contributed by atoms with Gasteiger partial charge in [0, 0.05) is 5.56 Å². The lowest BCUT2D eigenvalue weighted by Crippen LogP contribution is -2.38. The monoisotopic (exact) mass is 328 g/mol. The number of benzene rings is 1. The predicted octanol–water partition coefficient (Wildman–Crippen LogP) is 4.31. The molecule has 130 valence electrons. The number of ketones is 1. The number of rotatable bonds is 8. The van der Waals surface area contributed by atoms with Crippen LogP contribution in [0.3, 0.4) is 0 Å². The van der Waals surface area contributed by atoms with Gasteiger partial charge in [-0.15, -0.1) is 0 Å². The lowest BCUT2D eigenvalue weighted by Gasteiger charge is -2.23. The molecule has 1 aliphatic heterocycles. The van der Waals surface area contributed by atoms with Crippen molar-refractivity contribution in [2.24, 2.45) is 16.4 Å². The van der Waals surface area contributed by atoms with Crippen LogP contribution in [0, 0.1) is 11.3 Å². The number of carbonyl (C=O) groups excluding carboxylic acids is 2. The van der Waals surface area contributed by atoms with Gasteiger partial charge >= 0.3 is 0 Å². The van der Waals surface area contributed by atoms with Crippen molar-refractivity contribution in [2.45, 2.75) is 53.4 Å². The second-order valence-corrected chi connectivity index (χ2v) is 7.31. The molecule has 0 saturated heterocycles. The first kappa shape index (κ1) is 18.4. The molecule has 0 bridgehead atoms. The zero-order valence-corrected chi connectivity index (χ0v) is 15.2. The third-order valence-electron chi connectivity index (χ3n) is 4.87. The maximum Gasteiger partial charge on any atom is 0.254 e. The summed E-state index contributed by atoms with van der Waals surface area (Å²) in [6, 6.07) is 9.06. The van der Waals surface area contributed by atoms with Gasteiger partial charge in [-0.05, 0) is 26.2 Å². The number of hydrogen-bond acceptors (Lipinski definition) is 3. The Hall–Kier alpha value is -1.97. The van der Waals surface area contributed by atoms with Gasteiger partial charge in [-0.3, -0.25) is 9.59 Å². The van der Waals surface area contributed by atoms with Crippen LogP contribution >= 0.6 is 0 Å². The summed E-state index contributed by atoms with van der Waals surface area (Å²) in [5.74, 6) is 0.560. The Balaban J connectivity index is 1.97. The summed E-state index contributed by atoms with van der Waals surface area (Å²) in [5.41, 5.74) is 0.870. The van der Waals surface area contributed by atoms with E-state index in [9.17, 15) is 9.59 Å². The SMILES string of the molecule is CC1=NN(CC(=O)c2ccccc2)C(=O)C1(C)CCCCC(C)C. The lowest BCUT2D eigenvalue weighted by atomic mass is 9.80. The van der Waals surface area contributed by atoms with Gasteiger partial charge in [-0.2, -0.15) is 5.10 Å². The van der Waals surface area contributed by atoms with Crippen LogP contribution < -0.4 is 0 Å². The molecular weight excluding hydrogens is 300 g/mol. The van der Waals surface area contributed by atoms with Crippen molar-refractivity contribution in [3.05, 3.63) is 35.9 Å². The van der Waals surface area contributed by atoms with E-state index in [2.05, 4.69) is 18.9 Å². The van der Waals surface area contributed by atoms with Crippen molar-refractivity contribution < 1.29 is 9.59 Å². The fraction of sp³-hybridized carbons (Fsp3) is 0.550. The molecule has 1 amide bonds. The van der Waals surface area contributed by atoms with E-state index in [1.54, 1.807) is 12.1 Å². The van der Waals surface area contributed by atoms with Crippen LogP contribution in [-0.2, 0) is 4.79 Å². The molecule has 1 aromatic carbocycles. The van der Waals surface area contributed by atoms with E-state index >= 15 is 0 Å². The first-order valence-electron chi connectivity index (χ1n) is 8.80. The molecule has 1 atom stereocenters. The van der Waals surface area contributed by atoms with Crippen LogP contribution in [0.4, 0.5) is 0 Å². The van der Waals surface area contributed by atoms with E-state index in [1.165, 1.54) is 11.4 Å². The molecular formula is C20H28N2O2. The van der Waals surface area contributed by atoms with Gasteiger partial charge in [-0.25, -0.2) is 5.01 Å². The van der Waals surface area contributed by atoms with Gasteiger partial charge in [-0.1, -0.05) is 63.4 Å². The van der Waals surface area contributed by atoms with Crippen molar-refractivity contribution in [3.63, 3.8) is 0 Å². The molecule has 2 rings (SSSR count). The number of Topliss-reactive ketones (excluding diaryl/α,β-unsaturated/α-hetero) is 1. The van der Waals surface area contributed by atoms with Crippen molar-refractivity contribution in [3.8, 4) is 0 Å². The minimum Gasteiger partial charge on any atom is -0.292 e. The van der Waals surface area contributed by atoms with Crippen molar-refractivity contribution >= 4 is 17.4 Å². The largest absolute Gasteiger partial charge is 0.292 e. The summed E-state index contributed by atoms with van der Waals surface area (Å²) < 4.78 is 0. The van der Waals surface area contributed by atoms with E-state index in [4.69, 9.17) is 0 Å². The average molecular weight is 328 g/mol. The third kappa shape index (κ3) is 4.11. The topological polar surface area (TPSA) is 49.7 Å². The Labute approximate surface area is 144 Å². The normalized spacial score (nSPS) is 20.6. The molecule has 24 heavy (non-hydrogen) atoms. The van der Waals surface area contributed by atoms with Gasteiger partial charge in [0.15, 0.2) is 5.78 Å². The summed E-state index contributed by atoms with van der Waals surface area (Å²) in [7, 11) is 0. The quantitative estimate of drug-likeness (QED) is 0.527. The molecule has 0 spiro atoms. The van der Waals surface area contributed by atoms with Crippen molar-refractivity contribution in [2.75, 3.05) is 6.54 Å². The number of hydrazone groups is 1. The van der Waals surface area contributed by atoms with Gasteiger partial charge < -0.3 is 0 Å². The number of carbonyl (C=O) groups is 2.